The Hall–Kier alpha value is -1.47. The number of nitro benzene ring substituents is 1. The Morgan fingerprint density at radius 3 is 2.90 bits per heavy atom. The van der Waals surface area contributed by atoms with E-state index in [0.717, 1.165) is 32.2 Å². The first kappa shape index (κ1) is 15.9. The molecular weight excluding hydrogens is 338 g/mol. The number of halogens is 1. The lowest BCUT2D eigenvalue weighted by Crippen LogP contribution is -2.50. The van der Waals surface area contributed by atoms with Gasteiger partial charge >= 0.3 is 0 Å². The Balaban J connectivity index is 2.22. The summed E-state index contributed by atoms with van der Waals surface area (Å²) in [5.41, 5.74) is -0.172. The molecule has 0 aromatic heterocycles. The van der Waals surface area contributed by atoms with Gasteiger partial charge in [-0.2, -0.15) is 0 Å². The van der Waals surface area contributed by atoms with Crippen LogP contribution in [0.25, 0.3) is 0 Å². The number of nitro groups is 1. The zero-order valence-corrected chi connectivity index (χ0v) is 13.4. The second kappa shape index (κ2) is 6.53. The first-order valence-electron chi connectivity index (χ1n) is 6.99. The molecule has 21 heavy (non-hydrogen) atoms. The highest BCUT2D eigenvalue weighted by Gasteiger charge is 2.40. The van der Waals surface area contributed by atoms with Crippen molar-refractivity contribution in [3.8, 4) is 0 Å². The fraction of sp³-hybridized carbons (Fsp3) is 0.500. The van der Waals surface area contributed by atoms with Gasteiger partial charge in [-0.3, -0.25) is 14.9 Å². The Morgan fingerprint density at radius 2 is 2.33 bits per heavy atom. The topological polar surface area (TPSA) is 84.3 Å². The van der Waals surface area contributed by atoms with Gasteiger partial charge in [-0.1, -0.05) is 13.3 Å². The van der Waals surface area contributed by atoms with Gasteiger partial charge in [0.05, 0.1) is 16.1 Å². The van der Waals surface area contributed by atoms with E-state index < -0.39 is 10.5 Å². The van der Waals surface area contributed by atoms with Crippen LogP contribution in [0.2, 0.25) is 0 Å². The SMILES string of the molecule is CCCC1(C(=O)Nc2cc([N+](=O)[O-])ccc2Br)CCCN1. The van der Waals surface area contributed by atoms with Crippen molar-refractivity contribution in [2.24, 2.45) is 0 Å². The van der Waals surface area contributed by atoms with Crippen LogP contribution < -0.4 is 10.6 Å². The standard InChI is InChI=1S/C14H18BrN3O3/c1-2-6-14(7-3-8-16-14)13(19)17-12-9-10(18(20)21)4-5-11(12)15/h4-5,9,16H,2-3,6-8H2,1H3,(H,17,19). The van der Waals surface area contributed by atoms with Crippen LogP contribution in [0.15, 0.2) is 22.7 Å². The smallest absolute Gasteiger partial charge is 0.271 e. The van der Waals surface area contributed by atoms with Crippen LogP contribution in [-0.4, -0.2) is 22.9 Å². The average Bonchev–Trinajstić information content (AvgIpc) is 2.91. The maximum absolute atomic E-state index is 12.6. The number of nitrogens with one attached hydrogen (secondary N) is 2. The number of rotatable bonds is 5. The molecule has 1 fully saturated rings. The Bertz CT molecular complexity index is 556. The van der Waals surface area contributed by atoms with Crippen LogP contribution in [0.4, 0.5) is 11.4 Å². The average molecular weight is 356 g/mol. The molecule has 114 valence electrons. The van der Waals surface area contributed by atoms with Crippen molar-refractivity contribution < 1.29 is 9.72 Å². The quantitative estimate of drug-likeness (QED) is 0.627. The number of benzene rings is 1. The van der Waals surface area contributed by atoms with E-state index in [1.54, 1.807) is 6.07 Å². The third-order valence-corrected chi connectivity index (χ3v) is 4.46. The molecule has 0 spiro atoms. The van der Waals surface area contributed by atoms with E-state index in [2.05, 4.69) is 26.6 Å². The van der Waals surface area contributed by atoms with E-state index in [1.807, 2.05) is 6.92 Å². The number of nitrogens with zero attached hydrogens (tertiary/aromatic N) is 1. The molecule has 1 heterocycles. The van der Waals surface area contributed by atoms with E-state index in [4.69, 9.17) is 0 Å². The largest absolute Gasteiger partial charge is 0.323 e. The molecule has 2 rings (SSSR count). The molecule has 0 radical (unpaired) electrons. The molecule has 1 aromatic carbocycles. The number of carbonyl (C=O) groups is 1. The number of amides is 1. The number of hydrogen-bond donors (Lipinski definition) is 2. The summed E-state index contributed by atoms with van der Waals surface area (Å²) >= 11 is 3.32. The molecule has 0 bridgehead atoms. The molecule has 1 aliphatic heterocycles. The number of hydrogen-bond acceptors (Lipinski definition) is 4. The first-order valence-corrected chi connectivity index (χ1v) is 7.78. The molecular formula is C14H18BrN3O3. The zero-order valence-electron chi connectivity index (χ0n) is 11.8. The highest BCUT2D eigenvalue weighted by atomic mass is 79.9. The van der Waals surface area contributed by atoms with Crippen molar-refractivity contribution in [2.75, 3.05) is 11.9 Å². The normalized spacial score (nSPS) is 21.2. The van der Waals surface area contributed by atoms with E-state index in [-0.39, 0.29) is 11.6 Å². The van der Waals surface area contributed by atoms with E-state index in [0.29, 0.717) is 10.2 Å². The molecule has 6 nitrogen and oxygen atoms in total. The summed E-state index contributed by atoms with van der Waals surface area (Å²) in [5, 5.41) is 16.9. The van der Waals surface area contributed by atoms with Crippen LogP contribution >= 0.6 is 15.9 Å². The Kier molecular flexibility index (Phi) is 4.95. The lowest BCUT2D eigenvalue weighted by molar-refractivity contribution is -0.384. The monoisotopic (exact) mass is 355 g/mol. The summed E-state index contributed by atoms with van der Waals surface area (Å²) in [6.07, 6.45) is 3.41. The summed E-state index contributed by atoms with van der Waals surface area (Å²) < 4.78 is 0.631. The van der Waals surface area contributed by atoms with E-state index in [1.165, 1.54) is 12.1 Å². The van der Waals surface area contributed by atoms with Gasteiger partial charge in [0.1, 0.15) is 0 Å². The first-order chi connectivity index (χ1) is 9.98. The molecule has 2 N–H and O–H groups in total. The summed E-state index contributed by atoms with van der Waals surface area (Å²) in [7, 11) is 0. The van der Waals surface area contributed by atoms with E-state index >= 15 is 0 Å². The highest BCUT2D eigenvalue weighted by molar-refractivity contribution is 9.10. The molecule has 1 atom stereocenters. The molecule has 1 unspecified atom stereocenters. The maximum atomic E-state index is 12.6. The van der Waals surface area contributed by atoms with Gasteiger partial charge in [0.25, 0.3) is 5.69 Å². The maximum Gasteiger partial charge on any atom is 0.271 e. The fourth-order valence-electron chi connectivity index (χ4n) is 2.72. The molecule has 7 heteroatoms. The summed E-state index contributed by atoms with van der Waals surface area (Å²) in [6, 6.07) is 4.34. The second-order valence-corrected chi connectivity index (χ2v) is 6.09. The third kappa shape index (κ3) is 3.41. The molecule has 1 aliphatic rings. The molecule has 1 saturated heterocycles. The van der Waals surface area contributed by atoms with Crippen molar-refractivity contribution in [3.63, 3.8) is 0 Å². The van der Waals surface area contributed by atoms with Gasteiger partial charge in [0.15, 0.2) is 0 Å². The number of anilines is 1. The molecule has 1 aromatic rings. The third-order valence-electron chi connectivity index (χ3n) is 3.76. The van der Waals surface area contributed by atoms with Gasteiger partial charge in [-0.05, 0) is 47.8 Å². The second-order valence-electron chi connectivity index (χ2n) is 5.24. The van der Waals surface area contributed by atoms with Gasteiger partial charge in [-0.15, -0.1) is 0 Å². The lowest BCUT2D eigenvalue weighted by atomic mass is 9.91. The zero-order chi connectivity index (χ0) is 15.5. The number of carbonyl (C=O) groups excluding carboxylic acids is 1. The van der Waals surface area contributed by atoms with Crippen LogP contribution in [-0.2, 0) is 4.79 Å². The van der Waals surface area contributed by atoms with Crippen molar-refractivity contribution in [1.82, 2.24) is 5.32 Å². The van der Waals surface area contributed by atoms with Crippen LogP contribution in [0.1, 0.15) is 32.6 Å². The Labute approximate surface area is 131 Å². The van der Waals surface area contributed by atoms with Gasteiger partial charge in [0, 0.05) is 16.6 Å². The minimum absolute atomic E-state index is 0.0441. The van der Waals surface area contributed by atoms with Gasteiger partial charge in [-0.25, -0.2) is 0 Å². The molecule has 0 aliphatic carbocycles. The van der Waals surface area contributed by atoms with E-state index in [9.17, 15) is 14.9 Å². The molecule has 0 saturated carbocycles. The molecule has 1 amide bonds. The summed E-state index contributed by atoms with van der Waals surface area (Å²) in [6.45, 7) is 2.86. The summed E-state index contributed by atoms with van der Waals surface area (Å²) in [4.78, 5) is 23.0. The van der Waals surface area contributed by atoms with Gasteiger partial charge < -0.3 is 10.6 Å². The minimum atomic E-state index is -0.557. The Morgan fingerprint density at radius 1 is 1.57 bits per heavy atom. The highest BCUT2D eigenvalue weighted by Crippen LogP contribution is 2.30. The van der Waals surface area contributed by atoms with Crippen molar-refractivity contribution >= 4 is 33.2 Å². The lowest BCUT2D eigenvalue weighted by Gasteiger charge is -2.28. The van der Waals surface area contributed by atoms with Crippen molar-refractivity contribution in [3.05, 3.63) is 32.8 Å². The van der Waals surface area contributed by atoms with Crippen LogP contribution in [0, 0.1) is 10.1 Å². The summed E-state index contributed by atoms with van der Waals surface area (Å²) in [5.74, 6) is -0.122. The van der Waals surface area contributed by atoms with Gasteiger partial charge in [0.2, 0.25) is 5.91 Å². The van der Waals surface area contributed by atoms with Crippen molar-refractivity contribution in [2.45, 2.75) is 38.1 Å². The minimum Gasteiger partial charge on any atom is -0.323 e. The fourth-order valence-corrected chi connectivity index (χ4v) is 3.06. The van der Waals surface area contributed by atoms with Crippen LogP contribution in [0.5, 0.6) is 0 Å². The van der Waals surface area contributed by atoms with Crippen LogP contribution in [0.3, 0.4) is 0 Å². The van der Waals surface area contributed by atoms with Crippen molar-refractivity contribution in [1.29, 1.82) is 0 Å². The number of non-ortho nitro benzene ring substituents is 1. The predicted molar refractivity (Wildman–Crippen MR) is 84.3 cm³/mol. The predicted octanol–water partition coefficient (Wildman–Crippen LogP) is 3.22.